The second-order valence-corrected chi connectivity index (χ2v) is 12.3. The number of hydrogen-bond donors (Lipinski definition) is 0. The predicted octanol–water partition coefficient (Wildman–Crippen LogP) is 5.77. The molecule has 3 heteroatoms. The van der Waals surface area contributed by atoms with Gasteiger partial charge in [-0.05, 0) is 61.0 Å². The molecule has 0 radical (unpaired) electrons. The normalized spacial score (nSPS) is 29.8. The first kappa shape index (κ1) is 19.1. The monoisotopic (exact) mass is 430 g/mol. The zero-order chi connectivity index (χ0) is 20.0. The molecule has 2 bridgehead atoms. The number of rotatable bonds is 4. The van der Waals surface area contributed by atoms with Crippen LogP contribution in [0.1, 0.15) is 36.7 Å². The third kappa shape index (κ3) is 3.25. The molecule has 1 spiro atoms. The van der Waals surface area contributed by atoms with Crippen molar-refractivity contribution in [1.29, 1.82) is 0 Å². The molecule has 3 fully saturated rings. The van der Waals surface area contributed by atoms with E-state index in [1.54, 1.807) is 0 Å². The molecule has 30 heavy (non-hydrogen) atoms. The molecule has 4 atom stereocenters. The van der Waals surface area contributed by atoms with Crippen LogP contribution in [0.15, 0.2) is 84.9 Å². The number of hydrogen-bond acceptors (Lipinski definition) is 2. The third-order valence-electron chi connectivity index (χ3n) is 7.25. The molecule has 3 aliphatic rings. The minimum Gasteiger partial charge on any atom is -0.359 e. The van der Waals surface area contributed by atoms with Crippen LogP contribution in [0.2, 0.25) is 0 Å². The van der Waals surface area contributed by atoms with E-state index in [0.29, 0.717) is 11.5 Å². The van der Waals surface area contributed by atoms with E-state index >= 15 is 0 Å². The van der Waals surface area contributed by atoms with E-state index in [9.17, 15) is 0 Å². The van der Waals surface area contributed by atoms with Crippen molar-refractivity contribution in [3.05, 3.63) is 90.5 Å². The highest BCUT2D eigenvalue weighted by atomic mass is 32.2. The van der Waals surface area contributed by atoms with Crippen LogP contribution in [0.4, 0.5) is 0 Å². The summed E-state index contributed by atoms with van der Waals surface area (Å²) in [5.74, 6) is 2.18. The van der Waals surface area contributed by atoms with Crippen LogP contribution in [0.25, 0.3) is 0 Å². The largest absolute Gasteiger partial charge is 0.359 e. The van der Waals surface area contributed by atoms with Gasteiger partial charge in [-0.3, -0.25) is 0 Å². The summed E-state index contributed by atoms with van der Waals surface area (Å²) in [5, 5.41) is 4.26. The van der Waals surface area contributed by atoms with E-state index in [-0.39, 0.29) is 5.44 Å². The minimum absolute atomic E-state index is 0.161. The molecule has 0 unspecified atom stereocenters. The van der Waals surface area contributed by atoms with Crippen molar-refractivity contribution < 1.29 is 4.74 Å². The molecule has 3 aromatic carbocycles. The molecule has 1 heterocycles. The van der Waals surface area contributed by atoms with Crippen LogP contribution in [-0.4, -0.2) is 11.9 Å². The molecular weight excluding hydrogens is 403 g/mol. The van der Waals surface area contributed by atoms with Crippen LogP contribution in [-0.2, 0) is 4.74 Å². The average molecular weight is 431 g/mol. The maximum atomic E-state index is 6.86. The second kappa shape index (κ2) is 7.83. The smallest absolute Gasteiger partial charge is 0.129 e. The van der Waals surface area contributed by atoms with E-state index in [1.807, 2.05) is 0 Å². The molecule has 152 valence electrons. The molecule has 1 nitrogen and oxygen atoms in total. The van der Waals surface area contributed by atoms with Crippen molar-refractivity contribution in [2.24, 2.45) is 11.3 Å². The molecule has 2 aliphatic carbocycles. The Hall–Kier alpha value is -1.60. The summed E-state index contributed by atoms with van der Waals surface area (Å²) >= 11 is 2.05. The lowest BCUT2D eigenvalue weighted by molar-refractivity contribution is -0.0454. The van der Waals surface area contributed by atoms with Gasteiger partial charge in [-0.25, -0.2) is 0 Å². The fraction of sp³-hybridized carbons (Fsp3) is 0.333. The SMILES string of the molecule is c1ccc(P(c2ccccc2)c2ccccc2[C@@H]2O[C@@H]3C[C@H]4CC[C@]3(CS2)C4)cc1. The molecule has 6 rings (SSSR count). The van der Waals surface area contributed by atoms with Crippen molar-refractivity contribution in [3.8, 4) is 0 Å². The third-order valence-corrected chi connectivity index (χ3v) is 11.2. The molecule has 1 saturated heterocycles. The van der Waals surface area contributed by atoms with E-state index in [1.165, 1.54) is 52.9 Å². The van der Waals surface area contributed by atoms with Crippen molar-refractivity contribution >= 4 is 35.6 Å². The average Bonchev–Trinajstić information content (AvgIpc) is 3.38. The molecular formula is C27H27OPS. The van der Waals surface area contributed by atoms with Gasteiger partial charge in [0.15, 0.2) is 0 Å². The van der Waals surface area contributed by atoms with Crippen LogP contribution in [0.5, 0.6) is 0 Å². The van der Waals surface area contributed by atoms with Gasteiger partial charge in [0.1, 0.15) is 5.44 Å². The van der Waals surface area contributed by atoms with E-state index < -0.39 is 7.92 Å². The number of benzene rings is 3. The van der Waals surface area contributed by atoms with Gasteiger partial charge in [-0.1, -0.05) is 84.9 Å². The first-order valence-corrected chi connectivity index (χ1v) is 13.5. The summed E-state index contributed by atoms with van der Waals surface area (Å²) in [4.78, 5) is 0. The van der Waals surface area contributed by atoms with E-state index in [4.69, 9.17) is 4.74 Å². The second-order valence-electron chi connectivity index (χ2n) is 9.04. The Kier molecular flexibility index (Phi) is 4.99. The first-order valence-electron chi connectivity index (χ1n) is 11.1. The Morgan fingerprint density at radius 1 is 0.833 bits per heavy atom. The van der Waals surface area contributed by atoms with Crippen molar-refractivity contribution in [2.45, 2.75) is 37.2 Å². The Morgan fingerprint density at radius 3 is 2.20 bits per heavy atom. The molecule has 1 aliphatic heterocycles. The van der Waals surface area contributed by atoms with Gasteiger partial charge < -0.3 is 4.74 Å². The Morgan fingerprint density at radius 2 is 1.50 bits per heavy atom. The topological polar surface area (TPSA) is 9.23 Å². The lowest BCUT2D eigenvalue weighted by Crippen LogP contribution is -2.40. The quantitative estimate of drug-likeness (QED) is 0.486. The van der Waals surface area contributed by atoms with Crippen molar-refractivity contribution in [1.82, 2.24) is 0 Å². The predicted molar refractivity (Wildman–Crippen MR) is 130 cm³/mol. The van der Waals surface area contributed by atoms with Crippen molar-refractivity contribution in [2.75, 3.05) is 5.75 Å². The fourth-order valence-electron chi connectivity index (χ4n) is 5.81. The van der Waals surface area contributed by atoms with Crippen LogP contribution in [0.3, 0.4) is 0 Å². The zero-order valence-electron chi connectivity index (χ0n) is 17.1. The summed E-state index contributed by atoms with van der Waals surface area (Å²) < 4.78 is 6.86. The Labute approximate surface area is 185 Å². The van der Waals surface area contributed by atoms with Crippen LogP contribution in [0, 0.1) is 11.3 Å². The fourth-order valence-corrected chi connectivity index (χ4v) is 9.90. The summed E-state index contributed by atoms with van der Waals surface area (Å²) in [6.45, 7) is 0. The maximum Gasteiger partial charge on any atom is 0.129 e. The zero-order valence-corrected chi connectivity index (χ0v) is 18.8. The summed E-state index contributed by atoms with van der Waals surface area (Å²) in [5.41, 5.74) is 2.03. The van der Waals surface area contributed by atoms with Gasteiger partial charge in [-0.15, -0.1) is 11.8 Å². The number of ether oxygens (including phenoxy) is 1. The Balaban J connectivity index is 1.40. The highest BCUT2D eigenvalue weighted by molar-refractivity contribution is 7.99. The van der Waals surface area contributed by atoms with Crippen LogP contribution < -0.4 is 15.9 Å². The number of fused-ring (bicyclic) bond motifs is 1. The van der Waals surface area contributed by atoms with Gasteiger partial charge in [-0.2, -0.15) is 0 Å². The standard InChI is InChI=1S/C27H27OPS/c1-3-9-21(10-4-1)29(22-11-5-2-6-12-22)24-14-8-7-13-23(24)26-28-25-17-20-15-16-27(25,18-20)19-30-26/h1-14,20,25-26H,15-19H2/t20-,25-,26-,27-/m1/s1. The van der Waals surface area contributed by atoms with Gasteiger partial charge in [0.05, 0.1) is 6.10 Å². The molecule has 0 aromatic heterocycles. The van der Waals surface area contributed by atoms with E-state index in [0.717, 1.165) is 5.92 Å². The number of thioether (sulfide) groups is 1. The highest BCUT2D eigenvalue weighted by Crippen LogP contribution is 2.61. The summed E-state index contributed by atoms with van der Waals surface area (Å²) in [6, 6.07) is 31.1. The van der Waals surface area contributed by atoms with Gasteiger partial charge in [0.2, 0.25) is 0 Å². The van der Waals surface area contributed by atoms with Gasteiger partial charge in [0, 0.05) is 11.2 Å². The van der Waals surface area contributed by atoms with E-state index in [2.05, 4.69) is 96.7 Å². The Bertz CT molecular complexity index is 984. The van der Waals surface area contributed by atoms with Crippen molar-refractivity contribution in [3.63, 3.8) is 0 Å². The molecule has 0 amide bonds. The van der Waals surface area contributed by atoms with Crippen LogP contribution >= 0.6 is 19.7 Å². The molecule has 3 aromatic rings. The lowest BCUT2D eigenvalue weighted by atomic mass is 9.83. The molecule has 0 N–H and O–H groups in total. The minimum atomic E-state index is -0.606. The van der Waals surface area contributed by atoms with Gasteiger partial charge >= 0.3 is 0 Å². The lowest BCUT2D eigenvalue weighted by Gasteiger charge is -2.43. The molecule has 2 saturated carbocycles. The summed E-state index contributed by atoms with van der Waals surface area (Å²) in [7, 11) is -0.606. The maximum absolute atomic E-state index is 6.86. The highest BCUT2D eigenvalue weighted by Gasteiger charge is 2.55. The van der Waals surface area contributed by atoms with Gasteiger partial charge in [0.25, 0.3) is 0 Å². The summed E-state index contributed by atoms with van der Waals surface area (Å²) in [6.07, 6.45) is 5.96. The first-order chi connectivity index (χ1) is 14.8.